The van der Waals surface area contributed by atoms with Crippen molar-refractivity contribution in [1.82, 2.24) is 30.0 Å². The summed E-state index contributed by atoms with van der Waals surface area (Å²) in [7, 11) is 0. The molecule has 0 spiro atoms. The molecule has 10 nitrogen and oxygen atoms in total. The summed E-state index contributed by atoms with van der Waals surface area (Å²) in [5.74, 6) is 6.18. The molecule has 5 aromatic rings. The van der Waals surface area contributed by atoms with Gasteiger partial charge in [0.15, 0.2) is 5.82 Å². The van der Waals surface area contributed by atoms with Crippen molar-refractivity contribution in [2.45, 2.75) is 25.1 Å². The number of carbonyl (C=O) groups is 1. The maximum atomic E-state index is 14.2. The van der Waals surface area contributed by atoms with Gasteiger partial charge in [-0.2, -0.15) is 5.10 Å². The fraction of sp³-hybridized carbons (Fsp3) is 0.290. The van der Waals surface area contributed by atoms with Crippen LogP contribution in [0.5, 0.6) is 0 Å². The number of ether oxygens (including phenoxy) is 2. The zero-order valence-corrected chi connectivity index (χ0v) is 24.2. The van der Waals surface area contributed by atoms with Gasteiger partial charge in [-0.3, -0.25) is 10.00 Å². The van der Waals surface area contributed by atoms with E-state index < -0.39 is 11.6 Å². The second-order valence-corrected chi connectivity index (χ2v) is 11.6. The number of rotatable bonds is 5. The second-order valence-electron chi connectivity index (χ2n) is 10.6. The van der Waals surface area contributed by atoms with Crippen molar-refractivity contribution in [3.05, 3.63) is 77.1 Å². The number of nitrogens with one attached hydrogen (secondary N) is 2. The maximum Gasteiger partial charge on any atom is 0.410 e. The number of morpholine rings is 1. The minimum atomic E-state index is -0.491. The molecule has 3 aromatic heterocycles. The van der Waals surface area contributed by atoms with Gasteiger partial charge < -0.3 is 19.7 Å². The Kier molecular flexibility index (Phi) is 7.78. The van der Waals surface area contributed by atoms with Crippen molar-refractivity contribution < 1.29 is 23.0 Å². The molecule has 224 valence electrons. The number of fused-ring (bicyclic) bond motifs is 2. The Hall–Kier alpha value is -4.64. The van der Waals surface area contributed by atoms with Crippen LogP contribution in [0.15, 0.2) is 55.0 Å². The summed E-state index contributed by atoms with van der Waals surface area (Å²) in [5, 5.41) is 11.9. The van der Waals surface area contributed by atoms with E-state index in [2.05, 4.69) is 37.5 Å². The largest absolute Gasteiger partial charge is 0.445 e. The minimum absolute atomic E-state index is 0.0866. The standard InChI is InChI=1S/C31H27F2N7O3S/c32-21-1-5-26(33)20(11-21)17-40-28-6-3-23(12-19(28)15-37-40)38-30-29-27(35-18-36-30)14-25(44-29)4-2-22-13-24(16-34-22)43-31(41)39-7-9-42-10-8-39/h1,3,5-6,11-12,14-15,18,22,24,34H,7-10,13,16-17H2,(H,35,36,38). The van der Waals surface area contributed by atoms with Crippen LogP contribution < -0.4 is 10.6 Å². The van der Waals surface area contributed by atoms with E-state index in [9.17, 15) is 13.6 Å². The molecule has 5 heterocycles. The Bertz CT molecular complexity index is 1910. The maximum absolute atomic E-state index is 14.2. The van der Waals surface area contributed by atoms with Crippen molar-refractivity contribution in [3.63, 3.8) is 0 Å². The van der Waals surface area contributed by atoms with E-state index in [1.54, 1.807) is 15.8 Å². The molecule has 0 radical (unpaired) electrons. The highest BCUT2D eigenvalue weighted by Crippen LogP contribution is 2.31. The molecule has 2 atom stereocenters. The summed E-state index contributed by atoms with van der Waals surface area (Å²) in [6, 6.07) is 10.9. The molecule has 1 amide bonds. The number of hydrogen-bond acceptors (Lipinski definition) is 9. The van der Waals surface area contributed by atoms with Gasteiger partial charge in [0.05, 0.1) is 52.6 Å². The van der Waals surface area contributed by atoms with Gasteiger partial charge in [0.2, 0.25) is 0 Å². The summed E-state index contributed by atoms with van der Waals surface area (Å²) < 4.78 is 41.3. The summed E-state index contributed by atoms with van der Waals surface area (Å²) in [5.41, 5.74) is 2.59. The van der Waals surface area contributed by atoms with Gasteiger partial charge in [0.25, 0.3) is 0 Å². The Labute approximate surface area is 255 Å². The van der Waals surface area contributed by atoms with Gasteiger partial charge in [0, 0.05) is 42.7 Å². The van der Waals surface area contributed by atoms with Gasteiger partial charge in [-0.05, 0) is 42.5 Å². The van der Waals surface area contributed by atoms with Crippen LogP contribution in [0, 0.1) is 23.5 Å². The summed E-state index contributed by atoms with van der Waals surface area (Å²) in [4.78, 5) is 23.8. The molecule has 0 bridgehead atoms. The summed E-state index contributed by atoms with van der Waals surface area (Å²) in [6.45, 7) is 2.84. The number of benzene rings is 2. The fourth-order valence-electron chi connectivity index (χ4n) is 5.28. The first kappa shape index (κ1) is 28.1. The molecule has 2 aromatic carbocycles. The number of thiophene rings is 1. The number of anilines is 2. The normalized spacial score (nSPS) is 18.4. The molecule has 0 saturated carbocycles. The predicted molar refractivity (Wildman–Crippen MR) is 162 cm³/mol. The third-order valence-electron chi connectivity index (χ3n) is 7.54. The zero-order valence-electron chi connectivity index (χ0n) is 23.4. The van der Waals surface area contributed by atoms with E-state index in [-0.39, 0.29) is 30.3 Å². The molecule has 7 rings (SSSR count). The first-order valence-electron chi connectivity index (χ1n) is 14.2. The Balaban J connectivity index is 1.02. The summed E-state index contributed by atoms with van der Waals surface area (Å²) >= 11 is 1.49. The van der Waals surface area contributed by atoms with Crippen LogP contribution in [0.1, 0.15) is 16.9 Å². The van der Waals surface area contributed by atoms with Crippen LogP contribution >= 0.6 is 11.3 Å². The molecule has 44 heavy (non-hydrogen) atoms. The zero-order chi connectivity index (χ0) is 30.0. The number of carbonyl (C=O) groups excluding carboxylic acids is 1. The monoisotopic (exact) mass is 615 g/mol. The molecule has 2 aliphatic rings. The summed E-state index contributed by atoms with van der Waals surface area (Å²) in [6.07, 6.45) is 3.29. The van der Waals surface area contributed by atoms with Crippen LogP contribution in [-0.2, 0) is 16.0 Å². The van der Waals surface area contributed by atoms with E-state index in [0.717, 1.165) is 43.8 Å². The molecule has 2 saturated heterocycles. The first-order chi connectivity index (χ1) is 21.5. The van der Waals surface area contributed by atoms with Crippen molar-refractivity contribution in [2.75, 3.05) is 38.2 Å². The average molecular weight is 616 g/mol. The van der Waals surface area contributed by atoms with E-state index in [1.165, 1.54) is 23.7 Å². The van der Waals surface area contributed by atoms with Crippen LogP contribution in [-0.4, -0.2) is 75.7 Å². The quantitative estimate of drug-likeness (QED) is 0.275. The highest BCUT2D eigenvalue weighted by Gasteiger charge is 2.28. The number of hydrogen-bond donors (Lipinski definition) is 2. The third kappa shape index (κ3) is 6.05. The van der Waals surface area contributed by atoms with Crippen LogP contribution in [0.4, 0.5) is 25.1 Å². The lowest BCUT2D eigenvalue weighted by atomic mass is 10.2. The first-order valence-corrected chi connectivity index (χ1v) is 15.0. The smallest absolute Gasteiger partial charge is 0.410 e. The number of aromatic nitrogens is 4. The van der Waals surface area contributed by atoms with Gasteiger partial charge >= 0.3 is 6.09 Å². The number of nitrogens with zero attached hydrogens (tertiary/aromatic N) is 5. The average Bonchev–Trinajstić information content (AvgIpc) is 3.77. The Morgan fingerprint density at radius 2 is 2.05 bits per heavy atom. The molecular formula is C31H27F2N7O3S. The Morgan fingerprint density at radius 3 is 2.93 bits per heavy atom. The molecular weight excluding hydrogens is 588 g/mol. The highest BCUT2D eigenvalue weighted by molar-refractivity contribution is 7.20. The van der Waals surface area contributed by atoms with E-state index in [0.29, 0.717) is 45.1 Å². The van der Waals surface area contributed by atoms with Gasteiger partial charge in [-0.1, -0.05) is 11.8 Å². The molecule has 2 aliphatic heterocycles. The van der Waals surface area contributed by atoms with Crippen molar-refractivity contribution in [3.8, 4) is 11.8 Å². The minimum Gasteiger partial charge on any atom is -0.445 e. The van der Waals surface area contributed by atoms with Crippen LogP contribution in [0.25, 0.3) is 21.1 Å². The second kappa shape index (κ2) is 12.2. The van der Waals surface area contributed by atoms with Crippen LogP contribution in [0.3, 0.4) is 0 Å². The lowest BCUT2D eigenvalue weighted by molar-refractivity contribution is 0.0156. The number of amides is 1. The SMILES string of the molecule is O=C(OC1CNC(C#Cc2cc3ncnc(Nc4ccc5c(cnn5Cc5cc(F)ccc5F)c4)c3s2)C1)N1CCOCC1. The van der Waals surface area contributed by atoms with Crippen molar-refractivity contribution in [2.24, 2.45) is 0 Å². The van der Waals surface area contributed by atoms with Crippen molar-refractivity contribution in [1.29, 1.82) is 0 Å². The van der Waals surface area contributed by atoms with E-state index in [1.807, 2.05) is 24.3 Å². The number of halogens is 2. The highest BCUT2D eigenvalue weighted by atomic mass is 32.1. The Morgan fingerprint density at radius 1 is 1.16 bits per heavy atom. The molecule has 2 N–H and O–H groups in total. The van der Waals surface area contributed by atoms with Crippen molar-refractivity contribution >= 4 is 50.1 Å². The molecule has 2 unspecified atom stereocenters. The van der Waals surface area contributed by atoms with E-state index >= 15 is 0 Å². The van der Waals surface area contributed by atoms with Crippen LogP contribution in [0.2, 0.25) is 0 Å². The topological polar surface area (TPSA) is 106 Å². The van der Waals surface area contributed by atoms with Gasteiger partial charge in [-0.25, -0.2) is 23.5 Å². The lowest BCUT2D eigenvalue weighted by Gasteiger charge is -2.27. The lowest BCUT2D eigenvalue weighted by Crippen LogP contribution is -2.42. The predicted octanol–water partition coefficient (Wildman–Crippen LogP) is 4.66. The van der Waals surface area contributed by atoms with E-state index in [4.69, 9.17) is 9.47 Å². The fourth-order valence-corrected chi connectivity index (χ4v) is 6.20. The molecule has 0 aliphatic carbocycles. The molecule has 2 fully saturated rings. The van der Waals surface area contributed by atoms with Gasteiger partial charge in [0.1, 0.15) is 24.1 Å². The third-order valence-corrected chi connectivity index (χ3v) is 8.59. The van der Waals surface area contributed by atoms with Gasteiger partial charge in [-0.15, -0.1) is 11.3 Å². The molecule has 13 heteroatoms.